The Morgan fingerprint density at radius 1 is 0.885 bits per heavy atom. The van der Waals surface area contributed by atoms with Gasteiger partial charge in [0.25, 0.3) is 0 Å². The third-order valence-corrected chi connectivity index (χ3v) is 4.96. The molecule has 2 N–H and O–H groups in total. The fraction of sp³-hybridized carbons (Fsp3) is 0.364. The van der Waals surface area contributed by atoms with Crippen molar-refractivity contribution >= 4 is 11.8 Å². The number of hydrogen-bond donors (Lipinski definition) is 2. The van der Waals surface area contributed by atoms with Crippen LogP contribution >= 0.6 is 0 Å². The molecule has 26 heavy (non-hydrogen) atoms. The van der Waals surface area contributed by atoms with Crippen LogP contribution < -0.4 is 10.6 Å². The third kappa shape index (κ3) is 4.51. The van der Waals surface area contributed by atoms with Crippen molar-refractivity contribution < 1.29 is 9.59 Å². The number of rotatable bonds is 8. The van der Waals surface area contributed by atoms with Gasteiger partial charge in [0, 0.05) is 13.1 Å². The van der Waals surface area contributed by atoms with E-state index in [1.165, 1.54) is 11.1 Å². The molecule has 2 amide bonds. The minimum Gasteiger partial charge on any atom is -0.355 e. The zero-order chi connectivity index (χ0) is 18.4. The van der Waals surface area contributed by atoms with Gasteiger partial charge in [0.1, 0.15) is 5.41 Å². The van der Waals surface area contributed by atoms with E-state index >= 15 is 0 Å². The van der Waals surface area contributed by atoms with Gasteiger partial charge in [-0.05, 0) is 43.7 Å². The molecule has 4 heteroatoms. The van der Waals surface area contributed by atoms with Crippen molar-refractivity contribution in [3.63, 3.8) is 0 Å². The molecule has 0 radical (unpaired) electrons. The van der Waals surface area contributed by atoms with Crippen molar-refractivity contribution in [3.05, 3.63) is 71.3 Å². The molecule has 3 rings (SSSR count). The normalized spacial score (nSPS) is 14.5. The van der Waals surface area contributed by atoms with Gasteiger partial charge in [0.15, 0.2) is 0 Å². The lowest BCUT2D eigenvalue weighted by Gasteiger charge is -2.15. The predicted octanol–water partition coefficient (Wildman–Crippen LogP) is 3.14. The van der Waals surface area contributed by atoms with Crippen LogP contribution in [0.2, 0.25) is 0 Å². The Balaban J connectivity index is 1.42. The molecule has 0 aliphatic heterocycles. The number of aryl methyl sites for hydroxylation is 2. The molecular formula is C22H26N2O2. The van der Waals surface area contributed by atoms with Gasteiger partial charge in [0.05, 0.1) is 0 Å². The molecule has 0 atom stereocenters. The summed E-state index contributed by atoms with van der Waals surface area (Å²) in [5.41, 5.74) is 2.65. The summed E-state index contributed by atoms with van der Waals surface area (Å²) in [7, 11) is 0. The van der Waals surface area contributed by atoms with Crippen molar-refractivity contribution in [2.75, 3.05) is 6.54 Å². The smallest absolute Gasteiger partial charge is 0.235 e. The molecular weight excluding hydrogens is 324 g/mol. The van der Waals surface area contributed by atoms with E-state index in [-0.39, 0.29) is 11.8 Å². The van der Waals surface area contributed by atoms with Crippen LogP contribution in [0.4, 0.5) is 0 Å². The van der Waals surface area contributed by atoms with Gasteiger partial charge in [-0.2, -0.15) is 0 Å². The molecule has 0 bridgehead atoms. The second-order valence-corrected chi connectivity index (χ2v) is 7.10. The molecule has 0 spiro atoms. The maximum absolute atomic E-state index is 12.5. The first kappa shape index (κ1) is 18.2. The summed E-state index contributed by atoms with van der Waals surface area (Å²) in [4.78, 5) is 25.0. The average Bonchev–Trinajstić information content (AvgIpc) is 3.47. The van der Waals surface area contributed by atoms with Crippen LogP contribution in [-0.2, 0) is 22.6 Å². The van der Waals surface area contributed by atoms with E-state index in [0.29, 0.717) is 25.9 Å². The second kappa shape index (κ2) is 8.17. The first-order valence-electron chi connectivity index (χ1n) is 9.26. The SMILES string of the molecule is Cc1ccc(CNC(=O)C2(C(=O)NCCCc3ccccc3)CC2)cc1. The summed E-state index contributed by atoms with van der Waals surface area (Å²) in [6.45, 7) is 3.09. The first-order chi connectivity index (χ1) is 12.6. The van der Waals surface area contributed by atoms with Crippen LogP contribution in [0.3, 0.4) is 0 Å². The number of amides is 2. The molecule has 1 aliphatic rings. The van der Waals surface area contributed by atoms with Crippen LogP contribution in [0.15, 0.2) is 54.6 Å². The fourth-order valence-corrected chi connectivity index (χ4v) is 3.05. The summed E-state index contributed by atoms with van der Waals surface area (Å²) in [5, 5.41) is 5.86. The standard InChI is InChI=1S/C22H26N2O2/c1-17-9-11-19(12-10-17)16-24-21(26)22(13-14-22)20(25)23-15-5-8-18-6-3-2-4-7-18/h2-4,6-7,9-12H,5,8,13-16H2,1H3,(H,23,25)(H,24,26). The van der Waals surface area contributed by atoms with E-state index in [1.54, 1.807) is 0 Å². The lowest BCUT2D eigenvalue weighted by atomic mass is 10.0. The minimum absolute atomic E-state index is 0.132. The van der Waals surface area contributed by atoms with Crippen LogP contribution in [0.5, 0.6) is 0 Å². The van der Waals surface area contributed by atoms with Gasteiger partial charge in [0.2, 0.25) is 11.8 Å². The molecule has 136 valence electrons. The molecule has 0 aromatic heterocycles. The number of benzene rings is 2. The highest BCUT2D eigenvalue weighted by molar-refractivity contribution is 6.07. The Kier molecular flexibility index (Phi) is 5.71. The molecule has 0 unspecified atom stereocenters. The highest BCUT2D eigenvalue weighted by atomic mass is 16.2. The average molecular weight is 350 g/mol. The molecule has 2 aromatic carbocycles. The lowest BCUT2D eigenvalue weighted by molar-refractivity contribution is -0.137. The number of carbonyl (C=O) groups is 2. The highest BCUT2D eigenvalue weighted by Gasteiger charge is 2.56. The van der Waals surface area contributed by atoms with Gasteiger partial charge in [-0.1, -0.05) is 60.2 Å². The summed E-state index contributed by atoms with van der Waals surface area (Å²) in [6, 6.07) is 18.2. The molecule has 0 heterocycles. The Labute approximate surface area is 155 Å². The summed E-state index contributed by atoms with van der Waals surface area (Å²) < 4.78 is 0. The van der Waals surface area contributed by atoms with Gasteiger partial charge in [-0.25, -0.2) is 0 Å². The van der Waals surface area contributed by atoms with Crippen molar-refractivity contribution in [1.82, 2.24) is 10.6 Å². The monoisotopic (exact) mass is 350 g/mol. The van der Waals surface area contributed by atoms with Gasteiger partial charge >= 0.3 is 0 Å². The van der Waals surface area contributed by atoms with Crippen molar-refractivity contribution in [2.24, 2.45) is 5.41 Å². The van der Waals surface area contributed by atoms with Crippen molar-refractivity contribution in [1.29, 1.82) is 0 Å². The summed E-state index contributed by atoms with van der Waals surface area (Å²) in [6.07, 6.45) is 3.07. The number of carbonyl (C=O) groups excluding carboxylic acids is 2. The van der Waals surface area contributed by atoms with Crippen molar-refractivity contribution in [3.8, 4) is 0 Å². The predicted molar refractivity (Wildman–Crippen MR) is 102 cm³/mol. The second-order valence-electron chi connectivity index (χ2n) is 7.10. The van der Waals surface area contributed by atoms with Gasteiger partial charge in [-0.15, -0.1) is 0 Å². The Hall–Kier alpha value is -2.62. The molecule has 1 saturated carbocycles. The van der Waals surface area contributed by atoms with E-state index < -0.39 is 5.41 Å². The van der Waals surface area contributed by atoms with E-state index in [9.17, 15) is 9.59 Å². The zero-order valence-electron chi connectivity index (χ0n) is 15.3. The Morgan fingerprint density at radius 2 is 1.54 bits per heavy atom. The van der Waals surface area contributed by atoms with E-state index in [2.05, 4.69) is 22.8 Å². The number of nitrogens with one attached hydrogen (secondary N) is 2. The van der Waals surface area contributed by atoms with Crippen LogP contribution in [0.25, 0.3) is 0 Å². The summed E-state index contributed by atoms with van der Waals surface area (Å²) >= 11 is 0. The Bertz CT molecular complexity index is 749. The van der Waals surface area contributed by atoms with Gasteiger partial charge < -0.3 is 10.6 Å². The lowest BCUT2D eigenvalue weighted by Crippen LogP contribution is -2.43. The van der Waals surface area contributed by atoms with Gasteiger partial charge in [-0.3, -0.25) is 9.59 Å². The summed E-state index contributed by atoms with van der Waals surface area (Å²) in [5.74, 6) is -0.286. The van der Waals surface area contributed by atoms with E-state index in [0.717, 1.165) is 18.4 Å². The molecule has 4 nitrogen and oxygen atoms in total. The number of hydrogen-bond acceptors (Lipinski definition) is 2. The van der Waals surface area contributed by atoms with Crippen LogP contribution in [0, 0.1) is 12.3 Å². The molecule has 0 saturated heterocycles. The topological polar surface area (TPSA) is 58.2 Å². The zero-order valence-corrected chi connectivity index (χ0v) is 15.3. The highest BCUT2D eigenvalue weighted by Crippen LogP contribution is 2.46. The maximum Gasteiger partial charge on any atom is 0.235 e. The minimum atomic E-state index is -0.850. The maximum atomic E-state index is 12.5. The van der Waals surface area contributed by atoms with E-state index in [4.69, 9.17) is 0 Å². The van der Waals surface area contributed by atoms with Crippen LogP contribution in [-0.4, -0.2) is 18.4 Å². The fourth-order valence-electron chi connectivity index (χ4n) is 3.05. The Morgan fingerprint density at radius 3 is 2.19 bits per heavy atom. The first-order valence-corrected chi connectivity index (χ1v) is 9.26. The molecule has 1 fully saturated rings. The third-order valence-electron chi connectivity index (χ3n) is 4.96. The van der Waals surface area contributed by atoms with Crippen molar-refractivity contribution in [2.45, 2.75) is 39.2 Å². The quantitative estimate of drug-likeness (QED) is 0.568. The molecule has 1 aliphatic carbocycles. The largest absolute Gasteiger partial charge is 0.355 e. The van der Waals surface area contributed by atoms with Crippen LogP contribution in [0.1, 0.15) is 36.0 Å². The van der Waals surface area contributed by atoms with E-state index in [1.807, 2.05) is 49.4 Å². The molecule has 2 aromatic rings.